The van der Waals surface area contributed by atoms with Crippen LogP contribution in [0.15, 0.2) is 90.3 Å². The van der Waals surface area contributed by atoms with Crippen LogP contribution in [-0.2, 0) is 10.0 Å². The number of sulfonamides is 1. The van der Waals surface area contributed by atoms with E-state index in [-0.39, 0.29) is 17.4 Å². The maximum atomic E-state index is 12.7. The van der Waals surface area contributed by atoms with Crippen LogP contribution in [0.4, 0.5) is 11.4 Å². The number of carbonyl (C=O) groups excluding carboxylic acids is 1. The van der Waals surface area contributed by atoms with Crippen LogP contribution in [0.5, 0.6) is 5.75 Å². The molecule has 0 saturated heterocycles. The van der Waals surface area contributed by atoms with Gasteiger partial charge in [0.05, 0.1) is 16.1 Å². The summed E-state index contributed by atoms with van der Waals surface area (Å²) in [7, 11) is -3.74. The smallest absolute Gasteiger partial charge is 0.261 e. The highest BCUT2D eigenvalue weighted by Crippen LogP contribution is 2.25. The van der Waals surface area contributed by atoms with E-state index in [9.17, 15) is 13.2 Å². The van der Waals surface area contributed by atoms with Crippen LogP contribution in [0.25, 0.3) is 0 Å². The minimum atomic E-state index is -3.74. The summed E-state index contributed by atoms with van der Waals surface area (Å²) in [5, 5.41) is 2.79. The maximum Gasteiger partial charge on any atom is 0.261 e. The highest BCUT2D eigenvalue weighted by molar-refractivity contribution is 7.92. The van der Waals surface area contributed by atoms with Gasteiger partial charge in [-0.3, -0.25) is 9.52 Å². The fourth-order valence-corrected chi connectivity index (χ4v) is 3.88. The first-order valence-corrected chi connectivity index (χ1v) is 10.7. The lowest BCUT2D eigenvalue weighted by molar-refractivity contribution is 0.102. The zero-order valence-electron chi connectivity index (χ0n) is 16.5. The molecule has 0 radical (unpaired) electrons. The van der Waals surface area contributed by atoms with Crippen LogP contribution < -0.4 is 14.8 Å². The molecule has 7 heteroatoms. The number of ether oxygens (including phenoxy) is 1. The summed E-state index contributed by atoms with van der Waals surface area (Å²) in [6.07, 6.45) is 1.60. The minimum absolute atomic E-state index is 0.159. The first kappa shape index (κ1) is 21.1. The molecule has 3 aromatic carbocycles. The van der Waals surface area contributed by atoms with Gasteiger partial charge in [-0.2, -0.15) is 0 Å². The topological polar surface area (TPSA) is 84.5 Å². The minimum Gasteiger partial charge on any atom is -0.489 e. The van der Waals surface area contributed by atoms with E-state index < -0.39 is 10.0 Å². The van der Waals surface area contributed by atoms with Crippen LogP contribution in [0, 0.1) is 6.92 Å². The van der Waals surface area contributed by atoms with Gasteiger partial charge in [-0.25, -0.2) is 8.42 Å². The van der Waals surface area contributed by atoms with Crippen molar-refractivity contribution in [1.82, 2.24) is 0 Å². The van der Waals surface area contributed by atoms with E-state index in [2.05, 4.69) is 16.6 Å². The molecule has 30 heavy (non-hydrogen) atoms. The molecule has 0 heterocycles. The Morgan fingerprint density at radius 3 is 2.47 bits per heavy atom. The first-order valence-electron chi connectivity index (χ1n) is 9.23. The Bertz CT molecular complexity index is 1160. The molecule has 0 fully saturated rings. The third kappa shape index (κ3) is 5.07. The van der Waals surface area contributed by atoms with Crippen molar-refractivity contribution in [3.05, 3.63) is 96.6 Å². The van der Waals surface area contributed by atoms with Crippen LogP contribution in [0.2, 0.25) is 0 Å². The third-order valence-corrected chi connectivity index (χ3v) is 5.66. The number of amides is 1. The molecule has 0 aliphatic carbocycles. The number of carbonyl (C=O) groups is 1. The summed E-state index contributed by atoms with van der Waals surface area (Å²) in [5.74, 6) is 0.0717. The summed E-state index contributed by atoms with van der Waals surface area (Å²) in [5.41, 5.74) is 1.93. The molecule has 3 rings (SSSR count). The van der Waals surface area contributed by atoms with Crippen LogP contribution in [0.1, 0.15) is 15.9 Å². The first-order chi connectivity index (χ1) is 14.4. The molecule has 0 aliphatic rings. The molecular weight excluding hydrogens is 400 g/mol. The second-order valence-corrected chi connectivity index (χ2v) is 8.18. The maximum absolute atomic E-state index is 12.7. The fraction of sp³-hybridized carbons (Fsp3) is 0.0870. The third-order valence-electron chi connectivity index (χ3n) is 4.28. The van der Waals surface area contributed by atoms with E-state index in [0.717, 1.165) is 5.56 Å². The second kappa shape index (κ2) is 9.28. The van der Waals surface area contributed by atoms with Crippen molar-refractivity contribution in [3.63, 3.8) is 0 Å². The molecule has 154 valence electrons. The Hall–Kier alpha value is -3.58. The average Bonchev–Trinajstić information content (AvgIpc) is 2.75. The molecule has 0 bridgehead atoms. The number of hydrogen-bond donors (Lipinski definition) is 2. The van der Waals surface area contributed by atoms with Gasteiger partial charge in [0.25, 0.3) is 15.9 Å². The number of hydrogen-bond acceptors (Lipinski definition) is 4. The molecule has 1 amide bonds. The summed E-state index contributed by atoms with van der Waals surface area (Å²) in [4.78, 5) is 12.9. The zero-order chi connectivity index (χ0) is 21.6. The van der Waals surface area contributed by atoms with Crippen molar-refractivity contribution in [2.45, 2.75) is 11.8 Å². The van der Waals surface area contributed by atoms with Crippen molar-refractivity contribution < 1.29 is 17.9 Å². The van der Waals surface area contributed by atoms with E-state index in [0.29, 0.717) is 22.7 Å². The van der Waals surface area contributed by atoms with E-state index in [1.807, 2.05) is 0 Å². The molecule has 0 unspecified atom stereocenters. The Labute approximate surface area is 176 Å². The molecule has 0 spiro atoms. The van der Waals surface area contributed by atoms with Crippen LogP contribution in [0.3, 0.4) is 0 Å². The quantitative estimate of drug-likeness (QED) is 0.519. The summed E-state index contributed by atoms with van der Waals surface area (Å²) >= 11 is 0. The van der Waals surface area contributed by atoms with E-state index in [1.165, 1.54) is 12.1 Å². The zero-order valence-corrected chi connectivity index (χ0v) is 17.3. The Kier molecular flexibility index (Phi) is 6.54. The highest BCUT2D eigenvalue weighted by atomic mass is 32.2. The lowest BCUT2D eigenvalue weighted by atomic mass is 10.1. The van der Waals surface area contributed by atoms with E-state index >= 15 is 0 Å². The number of para-hydroxylation sites is 1. The summed E-state index contributed by atoms with van der Waals surface area (Å²) < 4.78 is 33.4. The Morgan fingerprint density at radius 1 is 1.03 bits per heavy atom. The van der Waals surface area contributed by atoms with Gasteiger partial charge in [-0.1, -0.05) is 49.1 Å². The number of anilines is 2. The average molecular weight is 423 g/mol. The molecular formula is C23H22N2O4S. The number of benzene rings is 3. The number of nitrogens with one attached hydrogen (secondary N) is 2. The predicted molar refractivity (Wildman–Crippen MR) is 119 cm³/mol. The largest absolute Gasteiger partial charge is 0.489 e. The van der Waals surface area contributed by atoms with E-state index in [4.69, 9.17) is 4.74 Å². The van der Waals surface area contributed by atoms with Gasteiger partial charge in [0.2, 0.25) is 0 Å². The second-order valence-electron chi connectivity index (χ2n) is 6.50. The van der Waals surface area contributed by atoms with Gasteiger partial charge >= 0.3 is 0 Å². The standard InChI is InChI=1S/C23H22N2O4S/c1-3-15-29-22-12-8-7-11-20(22)23(26)24-18-14-13-17(2)21(16-18)25-30(27,28)19-9-5-4-6-10-19/h3-14,16,25H,1,15H2,2H3,(H,24,26). The van der Waals surface area contributed by atoms with Crippen LogP contribution in [-0.4, -0.2) is 20.9 Å². The molecule has 3 aromatic rings. The Balaban J connectivity index is 1.82. The van der Waals surface area contributed by atoms with Crippen molar-refractivity contribution in [1.29, 1.82) is 0 Å². The van der Waals surface area contributed by atoms with Gasteiger partial charge in [0.15, 0.2) is 0 Å². The molecule has 6 nitrogen and oxygen atoms in total. The lowest BCUT2D eigenvalue weighted by Gasteiger charge is -2.14. The van der Waals surface area contributed by atoms with Gasteiger partial charge < -0.3 is 10.1 Å². The van der Waals surface area contributed by atoms with Crippen molar-refractivity contribution in [3.8, 4) is 5.75 Å². The van der Waals surface area contributed by atoms with E-state index in [1.54, 1.807) is 73.7 Å². The molecule has 0 saturated carbocycles. The van der Waals surface area contributed by atoms with Gasteiger partial charge in [0, 0.05) is 5.69 Å². The Morgan fingerprint density at radius 2 is 1.73 bits per heavy atom. The predicted octanol–water partition coefficient (Wildman–Crippen LogP) is 4.61. The molecule has 0 atom stereocenters. The van der Waals surface area contributed by atoms with Crippen molar-refractivity contribution >= 4 is 27.3 Å². The summed E-state index contributed by atoms with van der Waals surface area (Å²) in [6.45, 7) is 5.67. The van der Waals surface area contributed by atoms with Gasteiger partial charge in [-0.05, 0) is 48.9 Å². The lowest BCUT2D eigenvalue weighted by Crippen LogP contribution is -2.16. The number of aryl methyl sites for hydroxylation is 1. The fourth-order valence-electron chi connectivity index (χ4n) is 2.74. The van der Waals surface area contributed by atoms with Crippen LogP contribution >= 0.6 is 0 Å². The molecule has 0 aromatic heterocycles. The van der Waals surface area contributed by atoms with Crippen molar-refractivity contribution in [2.24, 2.45) is 0 Å². The molecule has 0 aliphatic heterocycles. The SMILES string of the molecule is C=CCOc1ccccc1C(=O)Nc1ccc(C)c(NS(=O)(=O)c2ccccc2)c1. The normalized spacial score (nSPS) is 10.8. The summed E-state index contributed by atoms with van der Waals surface area (Å²) in [6, 6.07) is 20.0. The molecule has 2 N–H and O–H groups in total. The number of rotatable bonds is 8. The van der Waals surface area contributed by atoms with Gasteiger partial charge in [0.1, 0.15) is 12.4 Å². The monoisotopic (exact) mass is 422 g/mol. The van der Waals surface area contributed by atoms with Crippen molar-refractivity contribution in [2.75, 3.05) is 16.6 Å². The highest BCUT2D eigenvalue weighted by Gasteiger charge is 2.16. The van der Waals surface area contributed by atoms with Gasteiger partial charge in [-0.15, -0.1) is 0 Å².